The normalized spacial score (nSPS) is 16.5. The van der Waals surface area contributed by atoms with Crippen molar-refractivity contribution in [2.24, 2.45) is 5.41 Å². The second-order valence-electron chi connectivity index (χ2n) is 5.70. The Balaban J connectivity index is 0.00000242. The molecule has 4 nitrogen and oxygen atoms in total. The molecule has 0 spiro atoms. The van der Waals surface area contributed by atoms with Gasteiger partial charge in [0.05, 0.1) is 5.02 Å². The van der Waals surface area contributed by atoms with Crippen LogP contribution in [0, 0.1) is 5.41 Å². The molecule has 1 saturated heterocycles. The quantitative estimate of drug-likeness (QED) is 0.839. The first-order valence-corrected chi connectivity index (χ1v) is 7.79. The summed E-state index contributed by atoms with van der Waals surface area (Å²) >= 11 is 11.8. The number of rotatable bonds is 5. The molecule has 1 heterocycles. The summed E-state index contributed by atoms with van der Waals surface area (Å²) in [4.78, 5) is 11.9. The molecule has 124 valence electrons. The summed E-state index contributed by atoms with van der Waals surface area (Å²) < 4.78 is 5.41. The monoisotopic (exact) mass is 366 g/mol. The van der Waals surface area contributed by atoms with E-state index in [0.717, 1.165) is 25.9 Å². The lowest BCUT2D eigenvalue weighted by atomic mass is 9.81. The number of hydrogen-bond donors (Lipinski definition) is 2. The maximum absolute atomic E-state index is 11.9. The van der Waals surface area contributed by atoms with E-state index in [1.807, 2.05) is 0 Å². The molecular formula is C15H21Cl3N2O2. The standard InChI is InChI=1S/C15H20Cl2N2O2.ClH/c1-15(4-6-18-7-5-15)10-19-14(20)9-21-13-3-2-11(16)8-12(13)17;/h2-3,8,18H,4-7,9-10H2,1H3,(H,19,20);1H. The zero-order chi connectivity index (χ0) is 15.3. The van der Waals surface area contributed by atoms with Crippen LogP contribution in [-0.2, 0) is 4.79 Å². The highest BCUT2D eigenvalue weighted by Gasteiger charge is 2.26. The number of carbonyl (C=O) groups is 1. The summed E-state index contributed by atoms with van der Waals surface area (Å²) in [6.07, 6.45) is 2.13. The number of benzene rings is 1. The van der Waals surface area contributed by atoms with Gasteiger partial charge in [-0.05, 0) is 49.5 Å². The molecule has 1 aromatic carbocycles. The van der Waals surface area contributed by atoms with Gasteiger partial charge in [-0.1, -0.05) is 30.1 Å². The number of piperidine rings is 1. The van der Waals surface area contributed by atoms with Crippen molar-refractivity contribution in [1.29, 1.82) is 0 Å². The molecule has 1 aliphatic rings. The van der Waals surface area contributed by atoms with Gasteiger partial charge >= 0.3 is 0 Å². The van der Waals surface area contributed by atoms with Crippen molar-refractivity contribution >= 4 is 41.5 Å². The predicted molar refractivity (Wildman–Crippen MR) is 92.4 cm³/mol. The van der Waals surface area contributed by atoms with Crippen molar-refractivity contribution in [1.82, 2.24) is 10.6 Å². The minimum Gasteiger partial charge on any atom is -0.482 e. The molecule has 0 aliphatic carbocycles. The fourth-order valence-electron chi connectivity index (χ4n) is 2.31. The van der Waals surface area contributed by atoms with E-state index in [-0.39, 0.29) is 30.3 Å². The van der Waals surface area contributed by atoms with E-state index in [2.05, 4.69) is 17.6 Å². The number of nitrogens with one attached hydrogen (secondary N) is 2. The van der Waals surface area contributed by atoms with E-state index in [4.69, 9.17) is 27.9 Å². The van der Waals surface area contributed by atoms with Crippen molar-refractivity contribution < 1.29 is 9.53 Å². The van der Waals surface area contributed by atoms with Crippen molar-refractivity contribution in [2.75, 3.05) is 26.2 Å². The Hall–Kier alpha value is -0.680. The Bertz CT molecular complexity index is 506. The number of amides is 1. The van der Waals surface area contributed by atoms with Crippen molar-refractivity contribution in [3.8, 4) is 5.75 Å². The van der Waals surface area contributed by atoms with Gasteiger partial charge in [0.2, 0.25) is 0 Å². The van der Waals surface area contributed by atoms with E-state index in [1.165, 1.54) is 0 Å². The van der Waals surface area contributed by atoms with Crippen LogP contribution in [0.15, 0.2) is 18.2 Å². The van der Waals surface area contributed by atoms with Crippen molar-refractivity contribution in [2.45, 2.75) is 19.8 Å². The maximum Gasteiger partial charge on any atom is 0.257 e. The molecule has 1 fully saturated rings. The average Bonchev–Trinajstić information content (AvgIpc) is 2.45. The molecule has 22 heavy (non-hydrogen) atoms. The third kappa shape index (κ3) is 5.84. The van der Waals surface area contributed by atoms with E-state index in [9.17, 15) is 4.79 Å². The van der Waals surface area contributed by atoms with Crippen LogP contribution in [-0.4, -0.2) is 32.1 Å². The smallest absolute Gasteiger partial charge is 0.257 e. The minimum absolute atomic E-state index is 0. The molecule has 1 aliphatic heterocycles. The van der Waals surface area contributed by atoms with Gasteiger partial charge in [-0.25, -0.2) is 0 Å². The largest absolute Gasteiger partial charge is 0.482 e. The van der Waals surface area contributed by atoms with E-state index in [0.29, 0.717) is 22.3 Å². The number of ether oxygens (including phenoxy) is 1. The van der Waals surface area contributed by atoms with Crippen LogP contribution >= 0.6 is 35.6 Å². The van der Waals surface area contributed by atoms with Gasteiger partial charge in [0.25, 0.3) is 5.91 Å². The average molecular weight is 368 g/mol. The maximum atomic E-state index is 11.9. The number of carbonyl (C=O) groups excluding carboxylic acids is 1. The van der Waals surface area contributed by atoms with E-state index in [1.54, 1.807) is 18.2 Å². The van der Waals surface area contributed by atoms with Crippen LogP contribution < -0.4 is 15.4 Å². The van der Waals surface area contributed by atoms with Crippen LogP contribution in [0.1, 0.15) is 19.8 Å². The molecule has 0 unspecified atom stereocenters. The molecule has 1 aromatic rings. The van der Waals surface area contributed by atoms with Gasteiger partial charge in [-0.15, -0.1) is 12.4 Å². The van der Waals surface area contributed by atoms with Gasteiger partial charge in [0.1, 0.15) is 5.75 Å². The Morgan fingerprint density at radius 2 is 2.05 bits per heavy atom. The molecule has 1 amide bonds. The number of hydrogen-bond acceptors (Lipinski definition) is 3. The molecule has 0 aromatic heterocycles. The highest BCUT2D eigenvalue weighted by atomic mass is 35.5. The lowest BCUT2D eigenvalue weighted by Crippen LogP contribution is -2.43. The van der Waals surface area contributed by atoms with Crippen LogP contribution in [0.25, 0.3) is 0 Å². The minimum atomic E-state index is -0.138. The molecule has 2 N–H and O–H groups in total. The lowest BCUT2D eigenvalue weighted by molar-refractivity contribution is -0.123. The summed E-state index contributed by atoms with van der Waals surface area (Å²) in [5.41, 5.74) is 0.166. The fraction of sp³-hybridized carbons (Fsp3) is 0.533. The summed E-state index contributed by atoms with van der Waals surface area (Å²) in [7, 11) is 0. The third-order valence-corrected chi connectivity index (χ3v) is 4.31. The van der Waals surface area contributed by atoms with Crippen LogP contribution in [0.5, 0.6) is 5.75 Å². The summed E-state index contributed by atoms with van der Waals surface area (Å²) in [6.45, 7) is 4.83. The van der Waals surface area contributed by atoms with Crippen molar-refractivity contribution in [3.05, 3.63) is 28.2 Å². The van der Waals surface area contributed by atoms with E-state index < -0.39 is 0 Å². The molecule has 0 saturated carbocycles. The zero-order valence-electron chi connectivity index (χ0n) is 12.5. The van der Waals surface area contributed by atoms with Gasteiger partial charge in [-0.3, -0.25) is 4.79 Å². The number of halogens is 3. The van der Waals surface area contributed by atoms with Crippen LogP contribution in [0.3, 0.4) is 0 Å². The van der Waals surface area contributed by atoms with Gasteiger partial charge in [-0.2, -0.15) is 0 Å². The Labute approximate surface area is 147 Å². The van der Waals surface area contributed by atoms with E-state index >= 15 is 0 Å². The lowest BCUT2D eigenvalue weighted by Gasteiger charge is -2.34. The Morgan fingerprint density at radius 3 is 2.68 bits per heavy atom. The van der Waals surface area contributed by atoms with Crippen molar-refractivity contribution in [3.63, 3.8) is 0 Å². The van der Waals surface area contributed by atoms with Gasteiger partial charge < -0.3 is 15.4 Å². The Morgan fingerprint density at radius 1 is 1.36 bits per heavy atom. The molecule has 0 radical (unpaired) electrons. The predicted octanol–water partition coefficient (Wildman–Crippen LogP) is 3.30. The highest BCUT2D eigenvalue weighted by molar-refractivity contribution is 6.35. The van der Waals surface area contributed by atoms with Crippen LogP contribution in [0.2, 0.25) is 10.0 Å². The molecule has 0 bridgehead atoms. The summed E-state index contributed by atoms with van der Waals surface area (Å²) in [5.74, 6) is 0.324. The fourth-order valence-corrected chi connectivity index (χ4v) is 2.77. The molecule has 0 atom stereocenters. The second-order valence-corrected chi connectivity index (χ2v) is 6.54. The first-order valence-electron chi connectivity index (χ1n) is 7.04. The third-order valence-electron chi connectivity index (χ3n) is 3.78. The van der Waals surface area contributed by atoms with Gasteiger partial charge in [0.15, 0.2) is 6.61 Å². The van der Waals surface area contributed by atoms with Gasteiger partial charge in [0, 0.05) is 11.6 Å². The van der Waals surface area contributed by atoms with Crippen LogP contribution in [0.4, 0.5) is 0 Å². The molecule has 2 rings (SSSR count). The summed E-state index contributed by atoms with van der Waals surface area (Å²) in [5, 5.41) is 7.20. The first-order chi connectivity index (χ1) is 9.98. The first kappa shape index (κ1) is 19.4. The Kier molecular flexibility index (Phi) is 7.77. The zero-order valence-corrected chi connectivity index (χ0v) is 14.8. The molecule has 7 heteroatoms. The topological polar surface area (TPSA) is 50.4 Å². The second kappa shape index (κ2) is 8.82. The molecular weight excluding hydrogens is 347 g/mol. The summed E-state index contributed by atoms with van der Waals surface area (Å²) in [6, 6.07) is 4.93. The highest BCUT2D eigenvalue weighted by Crippen LogP contribution is 2.28. The SMILES string of the molecule is CC1(CNC(=O)COc2ccc(Cl)cc2Cl)CCNCC1.Cl.